The first-order chi connectivity index (χ1) is 8.69. The third kappa shape index (κ3) is 3.06. The lowest BCUT2D eigenvalue weighted by molar-refractivity contribution is -0.143. The van der Waals surface area contributed by atoms with Crippen LogP contribution in [0.2, 0.25) is 0 Å². The summed E-state index contributed by atoms with van der Waals surface area (Å²) in [6.45, 7) is 4.25. The molecule has 94 valence electrons. The second kappa shape index (κ2) is 5.63. The van der Waals surface area contributed by atoms with Crippen molar-refractivity contribution in [3.8, 4) is 0 Å². The van der Waals surface area contributed by atoms with Crippen LogP contribution in [0.4, 0.5) is 0 Å². The standard InChI is InChI=1S/C15H17NO2/c1-3-18-15(17)7-5-12-4-6-13-8-11(2)16-10-14(13)9-12/h4,6,8-10H,3,5,7H2,1-2H3. The molecule has 1 aromatic heterocycles. The third-order valence-electron chi connectivity index (χ3n) is 2.85. The van der Waals surface area contributed by atoms with Gasteiger partial charge in [-0.15, -0.1) is 0 Å². The Morgan fingerprint density at radius 2 is 2.11 bits per heavy atom. The van der Waals surface area contributed by atoms with Gasteiger partial charge in [-0.3, -0.25) is 9.78 Å². The topological polar surface area (TPSA) is 39.2 Å². The zero-order chi connectivity index (χ0) is 13.0. The number of pyridine rings is 1. The van der Waals surface area contributed by atoms with E-state index in [1.54, 1.807) is 0 Å². The Morgan fingerprint density at radius 1 is 1.28 bits per heavy atom. The second-order valence-corrected chi connectivity index (χ2v) is 4.31. The first-order valence-electron chi connectivity index (χ1n) is 6.20. The molecule has 0 amide bonds. The Bertz CT molecular complexity index is 563. The van der Waals surface area contributed by atoms with E-state index in [0.717, 1.165) is 16.6 Å². The molecule has 3 heteroatoms. The Morgan fingerprint density at radius 3 is 2.89 bits per heavy atom. The van der Waals surface area contributed by atoms with Gasteiger partial charge in [0.15, 0.2) is 0 Å². The number of carbonyl (C=O) groups excluding carboxylic acids is 1. The van der Waals surface area contributed by atoms with Crippen molar-refractivity contribution >= 4 is 16.7 Å². The Kier molecular flexibility index (Phi) is 3.92. The number of carbonyl (C=O) groups is 1. The van der Waals surface area contributed by atoms with Crippen LogP contribution in [0.1, 0.15) is 24.6 Å². The van der Waals surface area contributed by atoms with Crippen LogP contribution >= 0.6 is 0 Å². The van der Waals surface area contributed by atoms with Crippen LogP contribution in [0.5, 0.6) is 0 Å². The monoisotopic (exact) mass is 243 g/mol. The van der Waals surface area contributed by atoms with E-state index in [0.29, 0.717) is 19.4 Å². The van der Waals surface area contributed by atoms with Gasteiger partial charge in [-0.05, 0) is 43.4 Å². The minimum absolute atomic E-state index is 0.139. The molecule has 0 aliphatic heterocycles. The molecule has 0 spiro atoms. The van der Waals surface area contributed by atoms with Crippen LogP contribution in [-0.2, 0) is 16.0 Å². The normalized spacial score (nSPS) is 10.6. The number of hydrogen-bond acceptors (Lipinski definition) is 3. The molecular formula is C15H17NO2. The molecule has 0 N–H and O–H groups in total. The lowest BCUT2D eigenvalue weighted by Gasteiger charge is -2.04. The summed E-state index contributed by atoms with van der Waals surface area (Å²) in [5.74, 6) is -0.139. The summed E-state index contributed by atoms with van der Waals surface area (Å²) >= 11 is 0. The fourth-order valence-electron chi connectivity index (χ4n) is 1.94. The average Bonchev–Trinajstić information content (AvgIpc) is 2.36. The predicted molar refractivity (Wildman–Crippen MR) is 71.4 cm³/mol. The van der Waals surface area contributed by atoms with Gasteiger partial charge in [0.2, 0.25) is 0 Å². The molecule has 0 bridgehead atoms. The van der Waals surface area contributed by atoms with Gasteiger partial charge in [0, 0.05) is 23.7 Å². The molecule has 2 aromatic rings. The first kappa shape index (κ1) is 12.6. The molecule has 18 heavy (non-hydrogen) atoms. The number of aromatic nitrogens is 1. The summed E-state index contributed by atoms with van der Waals surface area (Å²) in [4.78, 5) is 15.6. The fraction of sp³-hybridized carbons (Fsp3) is 0.333. The quantitative estimate of drug-likeness (QED) is 0.775. The van der Waals surface area contributed by atoms with Crippen LogP contribution in [-0.4, -0.2) is 17.6 Å². The van der Waals surface area contributed by atoms with Crippen molar-refractivity contribution < 1.29 is 9.53 Å². The maximum atomic E-state index is 11.3. The van der Waals surface area contributed by atoms with Gasteiger partial charge in [0.05, 0.1) is 6.61 Å². The van der Waals surface area contributed by atoms with E-state index in [4.69, 9.17) is 4.74 Å². The van der Waals surface area contributed by atoms with E-state index in [9.17, 15) is 4.79 Å². The lowest BCUT2D eigenvalue weighted by Crippen LogP contribution is -2.05. The summed E-state index contributed by atoms with van der Waals surface area (Å²) in [5, 5.41) is 2.30. The van der Waals surface area contributed by atoms with Crippen molar-refractivity contribution in [2.24, 2.45) is 0 Å². The molecule has 0 unspecified atom stereocenters. The van der Waals surface area contributed by atoms with Crippen molar-refractivity contribution in [2.75, 3.05) is 6.61 Å². The van der Waals surface area contributed by atoms with Gasteiger partial charge >= 0.3 is 5.97 Å². The SMILES string of the molecule is CCOC(=O)CCc1ccc2cc(C)ncc2c1. The largest absolute Gasteiger partial charge is 0.466 e. The molecule has 0 radical (unpaired) electrons. The van der Waals surface area contributed by atoms with Gasteiger partial charge in [-0.2, -0.15) is 0 Å². The summed E-state index contributed by atoms with van der Waals surface area (Å²) < 4.78 is 4.92. The number of rotatable bonds is 4. The van der Waals surface area contributed by atoms with E-state index in [-0.39, 0.29) is 5.97 Å². The number of ether oxygens (including phenoxy) is 1. The highest BCUT2D eigenvalue weighted by molar-refractivity contribution is 5.82. The Hall–Kier alpha value is -1.90. The summed E-state index contributed by atoms with van der Waals surface area (Å²) in [5.41, 5.74) is 2.16. The van der Waals surface area contributed by atoms with Gasteiger partial charge < -0.3 is 4.74 Å². The zero-order valence-electron chi connectivity index (χ0n) is 10.8. The molecule has 0 saturated carbocycles. The van der Waals surface area contributed by atoms with Crippen molar-refractivity contribution in [2.45, 2.75) is 26.7 Å². The molecule has 0 atom stereocenters. The highest BCUT2D eigenvalue weighted by atomic mass is 16.5. The summed E-state index contributed by atoms with van der Waals surface area (Å²) in [6.07, 6.45) is 3.01. The molecule has 0 aliphatic rings. The van der Waals surface area contributed by atoms with Crippen LogP contribution in [0.15, 0.2) is 30.5 Å². The number of fused-ring (bicyclic) bond motifs is 1. The van der Waals surface area contributed by atoms with Crippen molar-refractivity contribution in [1.29, 1.82) is 0 Å². The maximum absolute atomic E-state index is 11.3. The van der Waals surface area contributed by atoms with E-state index < -0.39 is 0 Å². The number of hydrogen-bond donors (Lipinski definition) is 0. The summed E-state index contributed by atoms with van der Waals surface area (Å²) in [7, 11) is 0. The molecule has 0 fully saturated rings. The first-order valence-corrected chi connectivity index (χ1v) is 6.20. The molecule has 0 saturated heterocycles. The van der Waals surface area contributed by atoms with Gasteiger partial charge in [-0.1, -0.05) is 12.1 Å². The molecular weight excluding hydrogens is 226 g/mol. The zero-order valence-corrected chi connectivity index (χ0v) is 10.8. The minimum Gasteiger partial charge on any atom is -0.466 e. The lowest BCUT2D eigenvalue weighted by atomic mass is 10.0. The number of esters is 1. The smallest absolute Gasteiger partial charge is 0.306 e. The average molecular weight is 243 g/mol. The molecule has 1 heterocycles. The predicted octanol–water partition coefficient (Wildman–Crippen LogP) is 3.04. The highest BCUT2D eigenvalue weighted by Crippen LogP contribution is 2.17. The fourth-order valence-corrected chi connectivity index (χ4v) is 1.94. The molecule has 0 aliphatic carbocycles. The van der Waals surface area contributed by atoms with Crippen LogP contribution < -0.4 is 0 Å². The Balaban J connectivity index is 2.10. The minimum atomic E-state index is -0.139. The molecule has 3 nitrogen and oxygen atoms in total. The van der Waals surface area contributed by atoms with Crippen molar-refractivity contribution in [1.82, 2.24) is 4.98 Å². The summed E-state index contributed by atoms with van der Waals surface area (Å²) in [6, 6.07) is 8.27. The van der Waals surface area contributed by atoms with Gasteiger partial charge in [-0.25, -0.2) is 0 Å². The highest BCUT2D eigenvalue weighted by Gasteiger charge is 2.03. The van der Waals surface area contributed by atoms with E-state index in [1.165, 1.54) is 5.39 Å². The van der Waals surface area contributed by atoms with Crippen molar-refractivity contribution in [3.63, 3.8) is 0 Å². The Labute approximate surface area is 107 Å². The third-order valence-corrected chi connectivity index (χ3v) is 2.85. The van der Waals surface area contributed by atoms with E-state index >= 15 is 0 Å². The van der Waals surface area contributed by atoms with Crippen LogP contribution in [0, 0.1) is 6.92 Å². The second-order valence-electron chi connectivity index (χ2n) is 4.31. The maximum Gasteiger partial charge on any atom is 0.306 e. The van der Waals surface area contributed by atoms with E-state index in [1.807, 2.05) is 20.0 Å². The number of aryl methyl sites for hydroxylation is 2. The van der Waals surface area contributed by atoms with E-state index in [2.05, 4.69) is 29.2 Å². The van der Waals surface area contributed by atoms with Gasteiger partial charge in [0.25, 0.3) is 0 Å². The van der Waals surface area contributed by atoms with Crippen LogP contribution in [0.3, 0.4) is 0 Å². The number of nitrogens with zero attached hydrogens (tertiary/aromatic N) is 1. The number of benzene rings is 1. The van der Waals surface area contributed by atoms with Crippen LogP contribution in [0.25, 0.3) is 10.8 Å². The van der Waals surface area contributed by atoms with Crippen molar-refractivity contribution in [3.05, 3.63) is 41.7 Å². The molecule has 1 aromatic carbocycles. The molecule has 2 rings (SSSR count). The van der Waals surface area contributed by atoms with Gasteiger partial charge in [0.1, 0.15) is 0 Å².